The third kappa shape index (κ3) is 3.00. The van der Waals surface area contributed by atoms with Gasteiger partial charge < -0.3 is 9.73 Å². The van der Waals surface area contributed by atoms with Gasteiger partial charge in [0.15, 0.2) is 11.6 Å². The van der Waals surface area contributed by atoms with Gasteiger partial charge in [0.05, 0.1) is 10.9 Å². The topological polar surface area (TPSA) is 88.0 Å². The van der Waals surface area contributed by atoms with Crippen molar-refractivity contribution in [2.24, 2.45) is 0 Å². The first-order valence-electron chi connectivity index (χ1n) is 6.72. The molecule has 3 aromatic rings. The minimum absolute atomic E-state index is 0.0376. The molecule has 0 saturated heterocycles. The van der Waals surface area contributed by atoms with E-state index in [2.05, 4.69) is 15.5 Å². The van der Waals surface area contributed by atoms with Crippen LogP contribution in [0.15, 0.2) is 39.5 Å². The lowest BCUT2D eigenvalue weighted by atomic mass is 10.1. The van der Waals surface area contributed by atoms with Crippen molar-refractivity contribution in [2.45, 2.75) is 13.1 Å². The van der Waals surface area contributed by atoms with Crippen LogP contribution >= 0.6 is 0 Å². The van der Waals surface area contributed by atoms with Gasteiger partial charge in [0, 0.05) is 11.8 Å². The summed E-state index contributed by atoms with van der Waals surface area (Å²) in [6.07, 6.45) is -4.56. The van der Waals surface area contributed by atoms with Gasteiger partial charge in [-0.25, -0.2) is 4.79 Å². The maximum absolute atomic E-state index is 12.8. The number of H-pyrrole nitrogens is 1. The van der Waals surface area contributed by atoms with Gasteiger partial charge in [-0.1, -0.05) is 0 Å². The number of alkyl halides is 3. The van der Waals surface area contributed by atoms with E-state index in [1.54, 1.807) is 13.0 Å². The number of nitrogens with one attached hydrogen (secondary N) is 2. The molecule has 0 saturated carbocycles. The number of nitrogens with zero attached hydrogens (tertiary/aromatic N) is 1. The van der Waals surface area contributed by atoms with Gasteiger partial charge in [0.25, 0.3) is 5.91 Å². The second-order valence-corrected chi connectivity index (χ2v) is 5.09. The summed E-state index contributed by atoms with van der Waals surface area (Å²) in [5.41, 5.74) is -1.13. The largest absolute Gasteiger partial charge is 0.417 e. The Morgan fingerprint density at radius 3 is 2.62 bits per heavy atom. The Balaban J connectivity index is 2.02. The molecule has 0 unspecified atom stereocenters. The van der Waals surface area contributed by atoms with Crippen LogP contribution in [0.5, 0.6) is 0 Å². The Morgan fingerprint density at radius 1 is 1.25 bits per heavy atom. The second-order valence-electron chi connectivity index (χ2n) is 5.09. The zero-order valence-corrected chi connectivity index (χ0v) is 12.2. The number of halogens is 3. The summed E-state index contributed by atoms with van der Waals surface area (Å²) in [6.45, 7) is 1.72. The third-order valence-electron chi connectivity index (χ3n) is 3.26. The first-order chi connectivity index (χ1) is 11.2. The number of aromatic amines is 1. The normalized spacial score (nSPS) is 11.7. The van der Waals surface area contributed by atoms with E-state index in [-0.39, 0.29) is 16.6 Å². The zero-order chi connectivity index (χ0) is 17.5. The lowest BCUT2D eigenvalue weighted by molar-refractivity contribution is -0.137. The van der Waals surface area contributed by atoms with Crippen LogP contribution < -0.4 is 10.9 Å². The standard InChI is InChI=1S/C15H10F3N3O3/c1-7-4-12(21-20-7)19-13(22)11-6-8-5-9(15(16,17)18)2-3-10(8)14(23)24-11/h2-6H,1H3,(H2,19,20,21,22). The van der Waals surface area contributed by atoms with Crippen LogP contribution in [0.3, 0.4) is 0 Å². The molecule has 0 aliphatic rings. The maximum Gasteiger partial charge on any atom is 0.416 e. The number of amides is 1. The lowest BCUT2D eigenvalue weighted by Gasteiger charge is -2.08. The summed E-state index contributed by atoms with van der Waals surface area (Å²) in [5, 5.41) is 8.69. The number of hydrogen-bond donors (Lipinski definition) is 2. The fourth-order valence-corrected chi connectivity index (χ4v) is 2.14. The maximum atomic E-state index is 12.8. The smallest absolute Gasteiger partial charge is 0.416 e. The number of carbonyl (C=O) groups is 1. The number of fused-ring (bicyclic) bond motifs is 1. The highest BCUT2D eigenvalue weighted by Gasteiger charge is 2.30. The van der Waals surface area contributed by atoms with Gasteiger partial charge in [-0.05, 0) is 36.6 Å². The number of carbonyl (C=O) groups excluding carboxylic acids is 1. The fourth-order valence-electron chi connectivity index (χ4n) is 2.14. The van der Waals surface area contributed by atoms with Crippen molar-refractivity contribution < 1.29 is 22.4 Å². The molecule has 1 aromatic carbocycles. The van der Waals surface area contributed by atoms with E-state index in [9.17, 15) is 22.8 Å². The Labute approximate surface area is 132 Å². The lowest BCUT2D eigenvalue weighted by Crippen LogP contribution is -2.15. The van der Waals surface area contributed by atoms with Crippen LogP contribution in [-0.2, 0) is 6.18 Å². The number of anilines is 1. The van der Waals surface area contributed by atoms with Crippen LogP contribution in [-0.4, -0.2) is 16.1 Å². The number of aryl methyl sites for hydroxylation is 1. The van der Waals surface area contributed by atoms with E-state index in [1.165, 1.54) is 0 Å². The van der Waals surface area contributed by atoms with E-state index >= 15 is 0 Å². The Bertz CT molecular complexity index is 989. The summed E-state index contributed by atoms with van der Waals surface area (Å²) in [7, 11) is 0. The van der Waals surface area contributed by atoms with Gasteiger partial charge in [-0.15, -0.1) is 0 Å². The molecule has 0 spiro atoms. The minimum atomic E-state index is -4.56. The third-order valence-corrected chi connectivity index (χ3v) is 3.26. The molecule has 0 aliphatic carbocycles. The predicted octanol–water partition coefficient (Wildman–Crippen LogP) is 3.10. The molecule has 1 amide bonds. The monoisotopic (exact) mass is 337 g/mol. The molecule has 124 valence electrons. The van der Waals surface area contributed by atoms with Crippen molar-refractivity contribution in [3.05, 3.63) is 57.8 Å². The molecular formula is C15H10F3N3O3. The van der Waals surface area contributed by atoms with E-state index in [1.807, 2.05) is 0 Å². The molecule has 2 aromatic heterocycles. The first kappa shape index (κ1) is 15.8. The number of hydrogen-bond acceptors (Lipinski definition) is 4. The number of aromatic nitrogens is 2. The fraction of sp³-hybridized carbons (Fsp3) is 0.133. The van der Waals surface area contributed by atoms with Crippen LogP contribution in [0.2, 0.25) is 0 Å². The Hall–Kier alpha value is -3.10. The molecule has 2 N–H and O–H groups in total. The van der Waals surface area contributed by atoms with E-state index in [0.29, 0.717) is 5.69 Å². The number of benzene rings is 1. The molecule has 0 fully saturated rings. The van der Waals surface area contributed by atoms with Crippen molar-refractivity contribution >= 4 is 22.5 Å². The summed E-state index contributed by atoms with van der Waals surface area (Å²) < 4.78 is 43.2. The molecule has 0 bridgehead atoms. The van der Waals surface area contributed by atoms with Gasteiger partial charge in [-0.3, -0.25) is 9.89 Å². The summed E-state index contributed by atoms with van der Waals surface area (Å²) in [6, 6.07) is 5.22. The summed E-state index contributed by atoms with van der Waals surface area (Å²) >= 11 is 0. The number of rotatable bonds is 2. The van der Waals surface area contributed by atoms with E-state index < -0.39 is 29.0 Å². The molecule has 2 heterocycles. The summed E-state index contributed by atoms with van der Waals surface area (Å²) in [4.78, 5) is 24.0. The van der Waals surface area contributed by atoms with Crippen LogP contribution in [0.4, 0.5) is 19.0 Å². The molecule has 0 aliphatic heterocycles. The molecule has 3 rings (SSSR count). The van der Waals surface area contributed by atoms with Crippen molar-refractivity contribution in [1.82, 2.24) is 10.2 Å². The second kappa shape index (κ2) is 5.52. The van der Waals surface area contributed by atoms with Gasteiger partial charge in [0.2, 0.25) is 0 Å². The molecule has 6 nitrogen and oxygen atoms in total. The highest BCUT2D eigenvalue weighted by Crippen LogP contribution is 2.31. The van der Waals surface area contributed by atoms with Crippen molar-refractivity contribution in [3.8, 4) is 0 Å². The molecular weight excluding hydrogens is 327 g/mol. The zero-order valence-electron chi connectivity index (χ0n) is 12.2. The van der Waals surface area contributed by atoms with Crippen LogP contribution in [0.25, 0.3) is 10.8 Å². The highest BCUT2D eigenvalue weighted by atomic mass is 19.4. The van der Waals surface area contributed by atoms with Gasteiger partial charge in [-0.2, -0.15) is 18.3 Å². The van der Waals surface area contributed by atoms with Crippen molar-refractivity contribution in [2.75, 3.05) is 5.32 Å². The van der Waals surface area contributed by atoms with Crippen LogP contribution in [0, 0.1) is 6.92 Å². The average molecular weight is 337 g/mol. The summed E-state index contributed by atoms with van der Waals surface area (Å²) in [5.74, 6) is -1.00. The first-order valence-corrected chi connectivity index (χ1v) is 6.72. The quantitative estimate of drug-likeness (QED) is 0.752. The molecule has 24 heavy (non-hydrogen) atoms. The average Bonchev–Trinajstić information content (AvgIpc) is 2.90. The van der Waals surface area contributed by atoms with Crippen molar-refractivity contribution in [3.63, 3.8) is 0 Å². The van der Waals surface area contributed by atoms with E-state index in [4.69, 9.17) is 4.42 Å². The molecule has 0 atom stereocenters. The minimum Gasteiger partial charge on any atom is -0.417 e. The predicted molar refractivity (Wildman–Crippen MR) is 78.8 cm³/mol. The highest BCUT2D eigenvalue weighted by molar-refractivity contribution is 6.03. The SMILES string of the molecule is Cc1cc(NC(=O)c2cc3cc(C(F)(F)F)ccc3c(=O)o2)n[nH]1. The Morgan fingerprint density at radius 2 is 2.00 bits per heavy atom. The van der Waals surface area contributed by atoms with Crippen molar-refractivity contribution in [1.29, 1.82) is 0 Å². The molecule has 9 heteroatoms. The Kier molecular flexibility index (Phi) is 3.63. The van der Waals surface area contributed by atoms with Crippen LogP contribution in [0.1, 0.15) is 21.8 Å². The van der Waals surface area contributed by atoms with Gasteiger partial charge >= 0.3 is 11.8 Å². The molecule has 0 radical (unpaired) electrons. The van der Waals surface area contributed by atoms with Gasteiger partial charge in [0.1, 0.15) is 0 Å². The van der Waals surface area contributed by atoms with E-state index in [0.717, 1.165) is 24.3 Å².